The molecule has 0 fully saturated rings. The van der Waals surface area contributed by atoms with E-state index in [0.717, 1.165) is 16.8 Å². The van der Waals surface area contributed by atoms with E-state index >= 15 is 0 Å². The second kappa shape index (κ2) is 7.00. The Balaban J connectivity index is 2.02. The van der Waals surface area contributed by atoms with E-state index in [1.807, 2.05) is 49.3 Å². The Morgan fingerprint density at radius 1 is 1.23 bits per heavy atom. The van der Waals surface area contributed by atoms with Gasteiger partial charge in [-0.15, -0.1) is 0 Å². The summed E-state index contributed by atoms with van der Waals surface area (Å²) >= 11 is 0. The fourth-order valence-corrected chi connectivity index (χ4v) is 3.17. The van der Waals surface area contributed by atoms with Gasteiger partial charge in [0.15, 0.2) is 11.5 Å². The molecule has 1 aromatic carbocycles. The zero-order valence-electron chi connectivity index (χ0n) is 15.0. The van der Waals surface area contributed by atoms with Crippen LogP contribution in [0, 0.1) is 0 Å². The Morgan fingerprint density at radius 3 is 2.46 bits per heavy atom. The molecule has 0 saturated carbocycles. The predicted octanol–water partition coefficient (Wildman–Crippen LogP) is 2.63. The molecule has 0 spiro atoms. The number of amides is 1. The summed E-state index contributed by atoms with van der Waals surface area (Å²) in [6.07, 6.45) is 3.33. The van der Waals surface area contributed by atoms with Crippen LogP contribution in [-0.4, -0.2) is 40.8 Å². The van der Waals surface area contributed by atoms with Gasteiger partial charge in [-0.2, -0.15) is 0 Å². The molecule has 26 heavy (non-hydrogen) atoms. The number of nitrogens with zero attached hydrogens (tertiary/aromatic N) is 3. The molecule has 1 aliphatic rings. The molecule has 2 heterocycles. The topological polar surface area (TPSA) is 73.7 Å². The summed E-state index contributed by atoms with van der Waals surface area (Å²) < 4.78 is 0. The summed E-state index contributed by atoms with van der Waals surface area (Å²) in [5.74, 6) is -1.32. The molecule has 0 saturated heterocycles. The number of hydrogen-bond acceptors (Lipinski definition) is 5. The Labute approximate surface area is 152 Å². The van der Waals surface area contributed by atoms with Gasteiger partial charge in [-0.3, -0.25) is 14.6 Å². The van der Waals surface area contributed by atoms with Crippen LogP contribution >= 0.6 is 0 Å². The highest BCUT2D eigenvalue weighted by Gasteiger charge is 2.42. The molecule has 6 heteroatoms. The Hall–Kier alpha value is -3.15. The number of pyridine rings is 1. The summed E-state index contributed by atoms with van der Waals surface area (Å²) in [6.45, 7) is 1.63. The number of carbonyl (C=O) groups excluding carboxylic acids is 2. The van der Waals surface area contributed by atoms with Gasteiger partial charge in [-0.05, 0) is 36.2 Å². The number of Topliss-reactive ketones (excluding diaryl/α,β-unsaturated/α-hetero) is 1. The summed E-state index contributed by atoms with van der Waals surface area (Å²) in [5.41, 5.74) is 2.75. The number of rotatable bonds is 5. The van der Waals surface area contributed by atoms with Crippen LogP contribution in [0.25, 0.3) is 0 Å². The number of hydrogen-bond donors (Lipinski definition) is 1. The molecule has 2 aromatic rings. The zero-order chi connectivity index (χ0) is 18.8. The van der Waals surface area contributed by atoms with Crippen molar-refractivity contribution in [3.8, 4) is 0 Å². The van der Waals surface area contributed by atoms with Crippen molar-refractivity contribution < 1.29 is 14.7 Å². The highest BCUT2D eigenvalue weighted by molar-refractivity contribution is 6.08. The first kappa shape index (κ1) is 17.7. The van der Waals surface area contributed by atoms with E-state index in [4.69, 9.17) is 0 Å². The minimum absolute atomic E-state index is 0.136. The zero-order valence-corrected chi connectivity index (χ0v) is 15.0. The Morgan fingerprint density at radius 2 is 1.92 bits per heavy atom. The lowest BCUT2D eigenvalue weighted by Crippen LogP contribution is -2.30. The summed E-state index contributed by atoms with van der Waals surface area (Å²) in [7, 11) is 3.88. The Kier molecular flexibility index (Phi) is 4.75. The van der Waals surface area contributed by atoms with Crippen LogP contribution in [-0.2, 0) is 16.1 Å². The molecule has 1 aromatic heterocycles. The largest absolute Gasteiger partial charge is 0.503 e. The lowest BCUT2D eigenvalue weighted by atomic mass is 9.96. The number of aliphatic hydroxyl groups excluding tert-OH is 1. The Bertz CT molecular complexity index is 858. The van der Waals surface area contributed by atoms with E-state index in [2.05, 4.69) is 4.98 Å². The van der Waals surface area contributed by atoms with Crippen LogP contribution in [0.1, 0.15) is 24.1 Å². The molecule has 3 rings (SSSR count). The molecule has 1 aliphatic heterocycles. The molecule has 6 nitrogen and oxygen atoms in total. The third-order valence-corrected chi connectivity index (χ3v) is 4.48. The molecular formula is C20H21N3O3. The summed E-state index contributed by atoms with van der Waals surface area (Å²) in [4.78, 5) is 32.3. The van der Waals surface area contributed by atoms with Crippen molar-refractivity contribution in [3.05, 3.63) is 71.3 Å². The number of anilines is 1. The van der Waals surface area contributed by atoms with Gasteiger partial charge in [0, 0.05) is 38.7 Å². The number of carbonyl (C=O) groups is 2. The molecule has 1 amide bonds. The van der Waals surface area contributed by atoms with Gasteiger partial charge in [0.05, 0.1) is 11.6 Å². The normalized spacial score (nSPS) is 17.0. The quantitative estimate of drug-likeness (QED) is 0.896. The van der Waals surface area contributed by atoms with Crippen LogP contribution in [0.3, 0.4) is 0 Å². The van der Waals surface area contributed by atoms with E-state index in [9.17, 15) is 14.7 Å². The molecule has 0 bridgehead atoms. The highest BCUT2D eigenvalue weighted by atomic mass is 16.3. The predicted molar refractivity (Wildman–Crippen MR) is 98.6 cm³/mol. The van der Waals surface area contributed by atoms with Crippen molar-refractivity contribution in [2.45, 2.75) is 19.5 Å². The number of ketones is 1. The van der Waals surface area contributed by atoms with Crippen molar-refractivity contribution >= 4 is 17.4 Å². The van der Waals surface area contributed by atoms with Crippen molar-refractivity contribution in [2.24, 2.45) is 0 Å². The second-order valence-corrected chi connectivity index (χ2v) is 6.50. The monoisotopic (exact) mass is 351 g/mol. The smallest absolute Gasteiger partial charge is 0.290 e. The average molecular weight is 351 g/mol. The van der Waals surface area contributed by atoms with Crippen LogP contribution in [0.4, 0.5) is 5.69 Å². The van der Waals surface area contributed by atoms with Crippen molar-refractivity contribution in [1.29, 1.82) is 0 Å². The van der Waals surface area contributed by atoms with E-state index < -0.39 is 17.7 Å². The van der Waals surface area contributed by atoms with Crippen LogP contribution in [0.5, 0.6) is 0 Å². The number of aromatic nitrogens is 1. The van der Waals surface area contributed by atoms with Crippen molar-refractivity contribution in [1.82, 2.24) is 9.88 Å². The van der Waals surface area contributed by atoms with Gasteiger partial charge in [0.2, 0.25) is 0 Å². The van der Waals surface area contributed by atoms with Gasteiger partial charge in [0.25, 0.3) is 5.91 Å². The first-order chi connectivity index (χ1) is 12.4. The van der Waals surface area contributed by atoms with Gasteiger partial charge < -0.3 is 14.9 Å². The van der Waals surface area contributed by atoms with Gasteiger partial charge in [-0.25, -0.2) is 0 Å². The van der Waals surface area contributed by atoms with Crippen LogP contribution in [0.15, 0.2) is 60.1 Å². The van der Waals surface area contributed by atoms with E-state index in [0.29, 0.717) is 0 Å². The van der Waals surface area contributed by atoms with Crippen molar-refractivity contribution in [2.75, 3.05) is 19.0 Å². The molecule has 1 atom stereocenters. The fraction of sp³-hybridized carbons (Fsp3) is 0.250. The molecule has 1 N–H and O–H groups in total. The van der Waals surface area contributed by atoms with E-state index in [1.165, 1.54) is 11.8 Å². The summed E-state index contributed by atoms with van der Waals surface area (Å²) in [5, 5.41) is 10.3. The minimum atomic E-state index is -0.614. The van der Waals surface area contributed by atoms with Crippen LogP contribution in [0.2, 0.25) is 0 Å². The average Bonchev–Trinajstić information content (AvgIpc) is 2.87. The van der Waals surface area contributed by atoms with Gasteiger partial charge in [0.1, 0.15) is 0 Å². The van der Waals surface area contributed by atoms with Crippen molar-refractivity contribution in [3.63, 3.8) is 0 Å². The van der Waals surface area contributed by atoms with Crippen LogP contribution < -0.4 is 4.90 Å². The lowest BCUT2D eigenvalue weighted by Gasteiger charge is -2.27. The maximum absolute atomic E-state index is 12.6. The molecule has 0 radical (unpaired) electrons. The van der Waals surface area contributed by atoms with Gasteiger partial charge >= 0.3 is 0 Å². The van der Waals surface area contributed by atoms with Gasteiger partial charge in [-0.1, -0.05) is 18.2 Å². The molecule has 134 valence electrons. The lowest BCUT2D eigenvalue weighted by molar-refractivity contribution is -0.130. The summed E-state index contributed by atoms with van der Waals surface area (Å²) in [6, 6.07) is 10.6. The molecule has 0 aliphatic carbocycles. The second-order valence-electron chi connectivity index (χ2n) is 6.50. The standard InChI is InChI=1S/C20H21N3O3/c1-13(24)17-18(15-6-8-16(9-7-15)22(2)3)23(20(26)19(17)25)12-14-5-4-10-21-11-14/h4-11,18,25H,12H2,1-3H3. The van der Waals surface area contributed by atoms with E-state index in [1.54, 1.807) is 18.5 Å². The maximum atomic E-state index is 12.6. The number of benzene rings is 1. The fourth-order valence-electron chi connectivity index (χ4n) is 3.17. The molecule has 1 unspecified atom stereocenters. The first-order valence-electron chi connectivity index (χ1n) is 8.31. The third kappa shape index (κ3) is 3.18. The van der Waals surface area contributed by atoms with E-state index in [-0.39, 0.29) is 17.9 Å². The third-order valence-electron chi connectivity index (χ3n) is 4.48. The minimum Gasteiger partial charge on any atom is -0.503 e. The number of aliphatic hydroxyl groups is 1. The maximum Gasteiger partial charge on any atom is 0.290 e. The highest BCUT2D eigenvalue weighted by Crippen LogP contribution is 2.39. The first-order valence-corrected chi connectivity index (χ1v) is 8.31. The SMILES string of the molecule is CC(=O)C1=C(O)C(=O)N(Cc2cccnc2)C1c1ccc(N(C)C)cc1. The molecular weight excluding hydrogens is 330 g/mol.